The number of aliphatic hydroxyl groups excluding tert-OH is 1. The van der Waals surface area contributed by atoms with E-state index in [2.05, 4.69) is 25.2 Å². The molecule has 10 heavy (non-hydrogen) atoms. The molecule has 0 bridgehead atoms. The summed E-state index contributed by atoms with van der Waals surface area (Å²) < 4.78 is 0. The van der Waals surface area contributed by atoms with Gasteiger partial charge in [0.1, 0.15) is 0 Å². The third-order valence-corrected chi connectivity index (χ3v) is 0.867. The van der Waals surface area contributed by atoms with Crippen LogP contribution in [0.2, 0.25) is 0 Å². The van der Waals surface area contributed by atoms with Gasteiger partial charge in [0.25, 0.3) is 0 Å². The van der Waals surface area contributed by atoms with Gasteiger partial charge in [0.05, 0.1) is 0 Å². The fraction of sp³-hybridized carbons (Fsp3) is 0.375. The van der Waals surface area contributed by atoms with Crippen LogP contribution in [0.4, 0.5) is 0 Å². The molecule has 1 aliphatic rings. The van der Waals surface area contributed by atoms with Crippen molar-refractivity contribution >= 4 is 0 Å². The summed E-state index contributed by atoms with van der Waals surface area (Å²) in [4.78, 5) is 0. The van der Waals surface area contributed by atoms with Crippen LogP contribution in [0, 0.1) is 13.5 Å². The Labute approximate surface area is 78.7 Å². The number of hydrogen-bond acceptors (Lipinski definition) is 1. The molecule has 1 nitrogen and oxygen atoms in total. The number of hydrogen-bond donors (Lipinski definition) is 1. The SMILES string of the molecule is CC1=[C-]CC=C1.CO.[CH3-].[Ti+2]. The van der Waals surface area contributed by atoms with E-state index in [-0.39, 0.29) is 29.1 Å². The first-order chi connectivity index (χ1) is 3.89. The van der Waals surface area contributed by atoms with Crippen LogP contribution >= 0.6 is 0 Å². The molecule has 0 heterocycles. The smallest absolute Gasteiger partial charge is 0.400 e. The maximum atomic E-state index is 7.00. The van der Waals surface area contributed by atoms with Gasteiger partial charge >= 0.3 is 21.7 Å². The molecular weight excluding hydrogens is 160 g/mol. The first kappa shape index (κ1) is 16.6. The summed E-state index contributed by atoms with van der Waals surface area (Å²) in [7, 11) is 1.00. The Morgan fingerprint density at radius 3 is 2.10 bits per heavy atom. The molecule has 0 unspecified atom stereocenters. The molecule has 0 amide bonds. The van der Waals surface area contributed by atoms with Gasteiger partial charge in [-0.15, -0.1) is 6.42 Å². The topological polar surface area (TPSA) is 20.2 Å². The molecule has 0 saturated heterocycles. The predicted molar refractivity (Wildman–Crippen MR) is 40.7 cm³/mol. The van der Waals surface area contributed by atoms with Gasteiger partial charge in [0.15, 0.2) is 0 Å². The van der Waals surface area contributed by atoms with Crippen molar-refractivity contribution in [2.75, 3.05) is 7.11 Å². The Morgan fingerprint density at radius 1 is 1.50 bits per heavy atom. The van der Waals surface area contributed by atoms with Crippen LogP contribution < -0.4 is 0 Å². The van der Waals surface area contributed by atoms with Gasteiger partial charge in [-0.25, -0.2) is 11.6 Å². The Morgan fingerprint density at radius 2 is 2.00 bits per heavy atom. The molecule has 0 radical (unpaired) electrons. The molecule has 0 saturated carbocycles. The third kappa shape index (κ3) is 8.15. The number of allylic oxidation sites excluding steroid dienone is 4. The van der Waals surface area contributed by atoms with Crippen molar-refractivity contribution in [3.05, 3.63) is 31.2 Å². The summed E-state index contributed by atoms with van der Waals surface area (Å²) >= 11 is 0. The van der Waals surface area contributed by atoms with Gasteiger partial charge in [-0.05, 0) is 0 Å². The average molecular weight is 174 g/mol. The minimum Gasteiger partial charge on any atom is -0.400 e. The quantitative estimate of drug-likeness (QED) is 0.438. The van der Waals surface area contributed by atoms with Gasteiger partial charge in [0, 0.05) is 7.11 Å². The summed E-state index contributed by atoms with van der Waals surface area (Å²) in [6, 6.07) is 0. The fourth-order valence-corrected chi connectivity index (χ4v) is 0.515. The Kier molecular flexibility index (Phi) is 19.8. The van der Waals surface area contributed by atoms with Crippen LogP contribution in [0.5, 0.6) is 0 Å². The fourth-order valence-electron chi connectivity index (χ4n) is 0.515. The predicted octanol–water partition coefficient (Wildman–Crippen LogP) is 1.75. The van der Waals surface area contributed by atoms with E-state index in [0.29, 0.717) is 0 Å². The molecule has 0 atom stereocenters. The standard InChI is InChI=1S/C6H7.CH4O.CH3.Ti/c1-6-4-2-3-5-6;1-2;;/h2,4H,3H2,1H3;2H,1H3;1H3;/q-1;;-1;+2. The van der Waals surface area contributed by atoms with Gasteiger partial charge in [0.2, 0.25) is 0 Å². The average Bonchev–Trinajstić information content (AvgIpc) is 2.24. The molecule has 0 fully saturated rings. The van der Waals surface area contributed by atoms with Crippen molar-refractivity contribution in [2.45, 2.75) is 13.3 Å². The zero-order valence-corrected chi connectivity index (χ0v) is 8.37. The van der Waals surface area contributed by atoms with Crippen LogP contribution in [0.15, 0.2) is 17.7 Å². The second-order valence-electron chi connectivity index (χ2n) is 1.47. The van der Waals surface area contributed by atoms with E-state index >= 15 is 0 Å². The molecule has 0 aliphatic heterocycles. The summed E-state index contributed by atoms with van der Waals surface area (Å²) in [5, 5.41) is 7.00. The second kappa shape index (κ2) is 11.9. The van der Waals surface area contributed by atoms with Crippen molar-refractivity contribution in [1.29, 1.82) is 0 Å². The second-order valence-corrected chi connectivity index (χ2v) is 1.47. The Bertz CT molecular complexity index is 103. The van der Waals surface area contributed by atoms with E-state index in [1.54, 1.807) is 0 Å². The van der Waals surface area contributed by atoms with Crippen molar-refractivity contribution in [3.8, 4) is 0 Å². The zero-order valence-electron chi connectivity index (χ0n) is 6.81. The molecule has 1 rings (SSSR count). The molecule has 1 aliphatic carbocycles. The molecular formula is C8H14OTi. The molecule has 56 valence electrons. The minimum atomic E-state index is 0. The monoisotopic (exact) mass is 174 g/mol. The molecule has 0 aromatic carbocycles. The summed E-state index contributed by atoms with van der Waals surface area (Å²) in [6.45, 7) is 2.06. The van der Waals surface area contributed by atoms with Crippen molar-refractivity contribution in [3.63, 3.8) is 0 Å². The Balaban J connectivity index is -0.000000114. The van der Waals surface area contributed by atoms with Gasteiger partial charge in [-0.2, -0.15) is 6.08 Å². The van der Waals surface area contributed by atoms with Crippen LogP contribution in [-0.2, 0) is 21.7 Å². The van der Waals surface area contributed by atoms with Crippen LogP contribution in [0.3, 0.4) is 0 Å². The van der Waals surface area contributed by atoms with Crippen molar-refractivity contribution in [2.24, 2.45) is 0 Å². The first-order valence-corrected chi connectivity index (χ1v) is 2.58. The molecule has 0 aromatic heterocycles. The summed E-state index contributed by atoms with van der Waals surface area (Å²) in [5.74, 6) is 0. The van der Waals surface area contributed by atoms with Crippen LogP contribution in [-0.4, -0.2) is 12.2 Å². The van der Waals surface area contributed by atoms with Gasteiger partial charge < -0.3 is 12.5 Å². The van der Waals surface area contributed by atoms with E-state index in [0.717, 1.165) is 13.5 Å². The minimum absolute atomic E-state index is 0. The molecule has 0 aromatic rings. The summed E-state index contributed by atoms with van der Waals surface area (Å²) in [6.07, 6.45) is 8.33. The van der Waals surface area contributed by atoms with Crippen molar-refractivity contribution < 1.29 is 26.8 Å². The number of rotatable bonds is 0. The third-order valence-electron chi connectivity index (χ3n) is 0.867. The molecule has 0 spiro atoms. The zero-order chi connectivity index (χ0) is 6.41. The maximum Gasteiger partial charge on any atom is 2.00 e. The van der Waals surface area contributed by atoms with Crippen molar-refractivity contribution in [1.82, 2.24) is 0 Å². The molecule has 1 N–H and O–H groups in total. The van der Waals surface area contributed by atoms with E-state index in [1.807, 2.05) is 0 Å². The van der Waals surface area contributed by atoms with Gasteiger partial charge in [-0.3, -0.25) is 6.08 Å². The Hall–Kier alpha value is 0.154. The van der Waals surface area contributed by atoms with E-state index in [1.165, 1.54) is 5.57 Å². The van der Waals surface area contributed by atoms with Gasteiger partial charge in [-0.1, -0.05) is 6.92 Å². The van der Waals surface area contributed by atoms with E-state index in [9.17, 15) is 0 Å². The molecule has 2 heteroatoms. The normalized spacial score (nSPS) is 11.7. The van der Waals surface area contributed by atoms with Crippen LogP contribution in [0.1, 0.15) is 13.3 Å². The summed E-state index contributed by atoms with van der Waals surface area (Å²) in [5.41, 5.74) is 1.27. The number of aliphatic hydroxyl groups is 1. The first-order valence-electron chi connectivity index (χ1n) is 2.58. The largest absolute Gasteiger partial charge is 2.00 e. The maximum absolute atomic E-state index is 7.00. The van der Waals surface area contributed by atoms with E-state index in [4.69, 9.17) is 5.11 Å². The van der Waals surface area contributed by atoms with E-state index < -0.39 is 0 Å². The van der Waals surface area contributed by atoms with Crippen LogP contribution in [0.25, 0.3) is 0 Å².